The Bertz CT molecular complexity index is 142. The van der Waals surface area contributed by atoms with Crippen molar-refractivity contribution in [3.05, 3.63) is 0 Å². The average Bonchev–Trinajstić information content (AvgIpc) is 2.38. The summed E-state index contributed by atoms with van der Waals surface area (Å²) in [6.07, 6.45) is -0.774. The fourth-order valence-corrected chi connectivity index (χ4v) is 1.28. The summed E-state index contributed by atoms with van der Waals surface area (Å²) in [7, 11) is 0. The van der Waals surface area contributed by atoms with Gasteiger partial charge >= 0.3 is 0 Å². The third kappa shape index (κ3) is 2.38. The molecule has 1 rings (SSSR count). The standard InChI is InChI=1S/C8H14F2O2/c1-6(11)8(9,10)5-7-3-2-4-12-7/h6-7,11H,2-5H2,1H3. The summed E-state index contributed by atoms with van der Waals surface area (Å²) in [6, 6.07) is 0. The molecule has 0 radical (unpaired) electrons. The zero-order valence-electron chi connectivity index (χ0n) is 7.09. The Labute approximate surface area is 70.5 Å². The molecule has 2 atom stereocenters. The largest absolute Gasteiger partial charge is 0.387 e. The first kappa shape index (κ1) is 9.86. The Hall–Kier alpha value is -0.220. The maximum atomic E-state index is 12.9. The Balaban J connectivity index is 2.37. The van der Waals surface area contributed by atoms with Gasteiger partial charge in [-0.2, -0.15) is 0 Å². The third-order valence-corrected chi connectivity index (χ3v) is 2.14. The van der Waals surface area contributed by atoms with Crippen LogP contribution in [0.1, 0.15) is 26.2 Å². The second-order valence-electron chi connectivity index (χ2n) is 3.28. The first-order valence-corrected chi connectivity index (χ1v) is 4.20. The zero-order chi connectivity index (χ0) is 9.19. The van der Waals surface area contributed by atoms with E-state index in [-0.39, 0.29) is 12.5 Å². The lowest BCUT2D eigenvalue weighted by atomic mass is 10.0. The van der Waals surface area contributed by atoms with E-state index < -0.39 is 12.0 Å². The molecular weight excluding hydrogens is 166 g/mol. The quantitative estimate of drug-likeness (QED) is 0.714. The van der Waals surface area contributed by atoms with Crippen LogP contribution in [0.2, 0.25) is 0 Å². The number of aliphatic hydroxyl groups excluding tert-OH is 1. The Kier molecular flexibility index (Phi) is 3.01. The Morgan fingerprint density at radius 1 is 1.67 bits per heavy atom. The molecule has 2 unspecified atom stereocenters. The van der Waals surface area contributed by atoms with Gasteiger partial charge in [0.1, 0.15) is 6.10 Å². The van der Waals surface area contributed by atoms with Gasteiger partial charge in [-0.3, -0.25) is 0 Å². The number of hydrogen-bond acceptors (Lipinski definition) is 2. The van der Waals surface area contributed by atoms with E-state index in [9.17, 15) is 8.78 Å². The van der Waals surface area contributed by atoms with E-state index in [0.29, 0.717) is 13.0 Å². The van der Waals surface area contributed by atoms with Gasteiger partial charge in [-0.25, -0.2) is 8.78 Å². The Morgan fingerprint density at radius 2 is 2.33 bits per heavy atom. The maximum absolute atomic E-state index is 12.9. The lowest BCUT2D eigenvalue weighted by Crippen LogP contribution is -2.34. The SMILES string of the molecule is CC(O)C(F)(F)CC1CCCO1. The van der Waals surface area contributed by atoms with Gasteiger partial charge in [-0.15, -0.1) is 0 Å². The molecule has 1 aliphatic heterocycles. The van der Waals surface area contributed by atoms with Gasteiger partial charge in [0.2, 0.25) is 0 Å². The van der Waals surface area contributed by atoms with E-state index >= 15 is 0 Å². The molecular formula is C8H14F2O2. The van der Waals surface area contributed by atoms with Crippen LogP contribution in [0.4, 0.5) is 8.78 Å². The first-order valence-electron chi connectivity index (χ1n) is 4.20. The summed E-state index contributed by atoms with van der Waals surface area (Å²) in [6.45, 7) is 1.68. The summed E-state index contributed by atoms with van der Waals surface area (Å²) in [5, 5.41) is 8.73. The van der Waals surface area contributed by atoms with Crippen molar-refractivity contribution in [1.29, 1.82) is 0 Å². The molecule has 0 spiro atoms. The van der Waals surface area contributed by atoms with Gasteiger partial charge < -0.3 is 9.84 Å². The minimum Gasteiger partial charge on any atom is -0.387 e. The van der Waals surface area contributed by atoms with Crippen molar-refractivity contribution < 1.29 is 18.6 Å². The molecule has 1 aliphatic rings. The maximum Gasteiger partial charge on any atom is 0.275 e. The minimum atomic E-state index is -3.00. The van der Waals surface area contributed by atoms with Crippen LogP contribution in [-0.2, 0) is 4.74 Å². The van der Waals surface area contributed by atoms with Crippen molar-refractivity contribution in [1.82, 2.24) is 0 Å². The molecule has 2 nitrogen and oxygen atoms in total. The molecule has 0 saturated carbocycles. The number of rotatable bonds is 3. The van der Waals surface area contributed by atoms with Crippen molar-refractivity contribution in [3.8, 4) is 0 Å². The third-order valence-electron chi connectivity index (χ3n) is 2.14. The van der Waals surface area contributed by atoms with E-state index in [1.807, 2.05) is 0 Å². The van der Waals surface area contributed by atoms with Gasteiger partial charge in [0.05, 0.1) is 6.10 Å². The van der Waals surface area contributed by atoms with E-state index in [1.165, 1.54) is 0 Å². The Morgan fingerprint density at radius 3 is 2.75 bits per heavy atom. The van der Waals surface area contributed by atoms with Crippen molar-refractivity contribution in [2.45, 2.75) is 44.3 Å². The van der Waals surface area contributed by atoms with Crippen LogP contribution >= 0.6 is 0 Å². The predicted molar refractivity (Wildman–Crippen MR) is 40.2 cm³/mol. The van der Waals surface area contributed by atoms with Crippen molar-refractivity contribution in [2.24, 2.45) is 0 Å². The normalized spacial score (nSPS) is 27.5. The van der Waals surface area contributed by atoms with Crippen molar-refractivity contribution in [2.75, 3.05) is 6.61 Å². The molecule has 1 N–H and O–H groups in total. The van der Waals surface area contributed by atoms with E-state index in [0.717, 1.165) is 13.3 Å². The van der Waals surface area contributed by atoms with Gasteiger partial charge in [-0.1, -0.05) is 0 Å². The highest BCUT2D eigenvalue weighted by Gasteiger charge is 2.38. The molecule has 0 amide bonds. The van der Waals surface area contributed by atoms with Gasteiger partial charge in [0, 0.05) is 13.0 Å². The molecule has 72 valence electrons. The monoisotopic (exact) mass is 180 g/mol. The first-order chi connectivity index (χ1) is 5.52. The van der Waals surface area contributed by atoms with Crippen LogP contribution < -0.4 is 0 Å². The van der Waals surface area contributed by atoms with Gasteiger partial charge in [-0.05, 0) is 19.8 Å². The minimum absolute atomic E-state index is 0.356. The molecule has 0 aromatic heterocycles. The summed E-state index contributed by atoms with van der Waals surface area (Å²) in [4.78, 5) is 0. The number of aliphatic hydroxyl groups is 1. The van der Waals surface area contributed by atoms with E-state index in [2.05, 4.69) is 0 Å². The van der Waals surface area contributed by atoms with E-state index in [4.69, 9.17) is 9.84 Å². The average molecular weight is 180 g/mol. The summed E-state index contributed by atoms with van der Waals surface area (Å²) < 4.78 is 30.8. The van der Waals surface area contributed by atoms with Crippen LogP contribution in [-0.4, -0.2) is 29.8 Å². The number of halogens is 2. The fraction of sp³-hybridized carbons (Fsp3) is 1.00. The van der Waals surface area contributed by atoms with Crippen LogP contribution in [0.3, 0.4) is 0 Å². The van der Waals surface area contributed by atoms with Crippen molar-refractivity contribution in [3.63, 3.8) is 0 Å². The molecule has 1 heterocycles. The second kappa shape index (κ2) is 3.66. The smallest absolute Gasteiger partial charge is 0.275 e. The molecule has 1 fully saturated rings. The summed E-state index contributed by atoms with van der Waals surface area (Å²) in [5.74, 6) is -3.00. The molecule has 12 heavy (non-hydrogen) atoms. The van der Waals surface area contributed by atoms with Gasteiger partial charge in [0.25, 0.3) is 5.92 Å². The second-order valence-corrected chi connectivity index (χ2v) is 3.28. The number of ether oxygens (including phenoxy) is 1. The molecule has 4 heteroatoms. The molecule has 0 aromatic rings. The predicted octanol–water partition coefficient (Wildman–Crippen LogP) is 1.57. The van der Waals surface area contributed by atoms with Crippen LogP contribution in [0, 0.1) is 0 Å². The highest BCUT2D eigenvalue weighted by molar-refractivity contribution is 4.79. The lowest BCUT2D eigenvalue weighted by molar-refractivity contribution is -0.125. The van der Waals surface area contributed by atoms with Gasteiger partial charge in [0.15, 0.2) is 0 Å². The van der Waals surface area contributed by atoms with Crippen LogP contribution in [0.5, 0.6) is 0 Å². The highest BCUT2D eigenvalue weighted by Crippen LogP contribution is 2.29. The van der Waals surface area contributed by atoms with E-state index in [1.54, 1.807) is 0 Å². The molecule has 0 aromatic carbocycles. The fourth-order valence-electron chi connectivity index (χ4n) is 1.28. The summed E-state index contributed by atoms with van der Waals surface area (Å²) in [5.41, 5.74) is 0. The highest BCUT2D eigenvalue weighted by atomic mass is 19.3. The summed E-state index contributed by atoms with van der Waals surface area (Å²) >= 11 is 0. The molecule has 0 bridgehead atoms. The van der Waals surface area contributed by atoms with Crippen LogP contribution in [0.15, 0.2) is 0 Å². The molecule has 0 aliphatic carbocycles. The zero-order valence-corrected chi connectivity index (χ0v) is 7.09. The van der Waals surface area contributed by atoms with Crippen LogP contribution in [0.25, 0.3) is 0 Å². The number of alkyl halides is 2. The number of hydrogen-bond donors (Lipinski definition) is 1. The lowest BCUT2D eigenvalue weighted by Gasteiger charge is -2.22. The topological polar surface area (TPSA) is 29.5 Å². The van der Waals surface area contributed by atoms with Crippen molar-refractivity contribution >= 4 is 0 Å². The molecule has 1 saturated heterocycles.